The van der Waals surface area contributed by atoms with E-state index in [4.69, 9.17) is 4.74 Å². The number of ether oxygens (including phenoxy) is 1. The van der Waals surface area contributed by atoms with Crippen molar-refractivity contribution < 1.29 is 4.74 Å². The van der Waals surface area contributed by atoms with Crippen LogP contribution in [0.15, 0.2) is 0 Å². The lowest BCUT2D eigenvalue weighted by atomic mass is 10.1. The summed E-state index contributed by atoms with van der Waals surface area (Å²) in [6, 6.07) is 0. The van der Waals surface area contributed by atoms with Gasteiger partial charge in [-0.25, -0.2) is 0 Å². The van der Waals surface area contributed by atoms with Gasteiger partial charge in [0, 0.05) is 5.75 Å². The van der Waals surface area contributed by atoms with Crippen molar-refractivity contribution in [2.75, 3.05) is 31.2 Å². The normalized spacial score (nSPS) is 19.8. The number of hydrogen-bond donors (Lipinski definition) is 1. The number of rotatable bonds is 5. The molecule has 0 saturated carbocycles. The van der Waals surface area contributed by atoms with E-state index < -0.39 is 0 Å². The first kappa shape index (κ1) is 10.4. The Hall–Kier alpha value is 0.270. The van der Waals surface area contributed by atoms with Crippen LogP contribution >= 0.6 is 11.8 Å². The third-order valence-corrected chi connectivity index (χ3v) is 2.94. The first-order valence-corrected chi connectivity index (χ1v) is 5.99. The molecule has 0 bridgehead atoms. The molecule has 0 aliphatic carbocycles. The van der Waals surface area contributed by atoms with Gasteiger partial charge in [0.05, 0.1) is 12.7 Å². The largest absolute Gasteiger partial charge is 0.377 e. The van der Waals surface area contributed by atoms with Gasteiger partial charge < -0.3 is 10.1 Å². The van der Waals surface area contributed by atoms with E-state index in [-0.39, 0.29) is 0 Å². The first-order valence-electron chi connectivity index (χ1n) is 4.83. The minimum atomic E-state index is 0.531. The second kappa shape index (κ2) is 6.75. The average Bonchev–Trinajstić information content (AvgIpc) is 2.14. The van der Waals surface area contributed by atoms with Crippen molar-refractivity contribution in [3.63, 3.8) is 0 Å². The molecule has 1 heterocycles. The molecule has 0 atom stereocenters. The fraction of sp³-hybridized carbons (Fsp3) is 1.00. The van der Waals surface area contributed by atoms with E-state index in [0.717, 1.165) is 25.4 Å². The van der Waals surface area contributed by atoms with Gasteiger partial charge in [-0.3, -0.25) is 0 Å². The maximum Gasteiger partial charge on any atom is 0.0599 e. The Morgan fingerprint density at radius 2 is 2.17 bits per heavy atom. The van der Waals surface area contributed by atoms with Crippen LogP contribution in [0.4, 0.5) is 0 Å². The summed E-state index contributed by atoms with van der Waals surface area (Å²) in [5.74, 6) is 2.36. The second-order valence-corrected chi connectivity index (χ2v) is 4.41. The Balaban J connectivity index is 1.91. The molecule has 3 heteroatoms. The predicted molar refractivity (Wildman–Crippen MR) is 54.8 cm³/mol. The molecule has 0 aromatic heterocycles. The Kier molecular flexibility index (Phi) is 5.82. The highest BCUT2D eigenvalue weighted by atomic mass is 32.2. The molecule has 2 nitrogen and oxygen atoms in total. The van der Waals surface area contributed by atoms with Crippen LogP contribution in [0, 0.1) is 0 Å². The minimum absolute atomic E-state index is 0.531. The van der Waals surface area contributed by atoms with Crippen LogP contribution < -0.4 is 5.32 Å². The monoisotopic (exact) mass is 189 g/mol. The van der Waals surface area contributed by atoms with E-state index in [1.807, 2.05) is 11.8 Å². The van der Waals surface area contributed by atoms with Crippen LogP contribution in [0.2, 0.25) is 0 Å². The summed E-state index contributed by atoms with van der Waals surface area (Å²) in [6.45, 7) is 5.38. The van der Waals surface area contributed by atoms with Gasteiger partial charge in [-0.05, 0) is 31.7 Å². The summed E-state index contributed by atoms with van der Waals surface area (Å²) in [4.78, 5) is 0. The van der Waals surface area contributed by atoms with E-state index in [0.29, 0.717) is 6.10 Å². The summed E-state index contributed by atoms with van der Waals surface area (Å²) in [7, 11) is 0. The third-order valence-electron chi connectivity index (χ3n) is 2.07. The molecule has 1 N–H and O–H groups in total. The van der Waals surface area contributed by atoms with Gasteiger partial charge in [0.25, 0.3) is 0 Å². The third kappa shape index (κ3) is 4.33. The molecule has 0 unspecified atom stereocenters. The second-order valence-electron chi connectivity index (χ2n) is 3.02. The van der Waals surface area contributed by atoms with Crippen molar-refractivity contribution in [2.45, 2.75) is 25.9 Å². The summed E-state index contributed by atoms with van der Waals surface area (Å²) in [5.41, 5.74) is 0. The van der Waals surface area contributed by atoms with Crippen LogP contribution in [0.5, 0.6) is 0 Å². The Morgan fingerprint density at radius 1 is 1.42 bits per heavy atom. The molecule has 72 valence electrons. The zero-order valence-electron chi connectivity index (χ0n) is 7.84. The van der Waals surface area contributed by atoms with Gasteiger partial charge in [0.1, 0.15) is 0 Å². The van der Waals surface area contributed by atoms with Crippen LogP contribution in [0.3, 0.4) is 0 Å². The van der Waals surface area contributed by atoms with Crippen molar-refractivity contribution in [1.82, 2.24) is 5.32 Å². The van der Waals surface area contributed by atoms with Crippen molar-refractivity contribution in [3.05, 3.63) is 0 Å². The molecule has 0 aromatic rings. The fourth-order valence-electron chi connectivity index (χ4n) is 1.38. The van der Waals surface area contributed by atoms with Crippen molar-refractivity contribution in [2.24, 2.45) is 0 Å². The van der Waals surface area contributed by atoms with E-state index >= 15 is 0 Å². The van der Waals surface area contributed by atoms with Crippen molar-refractivity contribution in [3.8, 4) is 0 Å². The van der Waals surface area contributed by atoms with Gasteiger partial charge >= 0.3 is 0 Å². The maximum absolute atomic E-state index is 5.72. The smallest absolute Gasteiger partial charge is 0.0599 e. The first-order chi connectivity index (χ1) is 5.93. The molecule has 0 radical (unpaired) electrons. The zero-order chi connectivity index (χ0) is 8.65. The fourth-order valence-corrected chi connectivity index (χ4v) is 1.88. The topological polar surface area (TPSA) is 21.3 Å². The van der Waals surface area contributed by atoms with E-state index in [9.17, 15) is 0 Å². The molecule has 0 aromatic carbocycles. The molecule has 0 spiro atoms. The van der Waals surface area contributed by atoms with Crippen LogP contribution in [0.1, 0.15) is 19.8 Å². The van der Waals surface area contributed by atoms with Gasteiger partial charge in [-0.1, -0.05) is 6.92 Å². The predicted octanol–water partition coefficient (Wildman–Crippen LogP) is 1.51. The molecule has 1 saturated heterocycles. The number of hydrogen-bond acceptors (Lipinski definition) is 3. The molecule has 0 amide bonds. The summed E-state index contributed by atoms with van der Waals surface area (Å²) in [6.07, 6.45) is 2.91. The van der Waals surface area contributed by atoms with Crippen molar-refractivity contribution in [1.29, 1.82) is 0 Å². The van der Waals surface area contributed by atoms with Crippen molar-refractivity contribution >= 4 is 11.8 Å². The van der Waals surface area contributed by atoms with Gasteiger partial charge in [0.15, 0.2) is 0 Å². The highest BCUT2D eigenvalue weighted by molar-refractivity contribution is 7.99. The highest BCUT2D eigenvalue weighted by Gasteiger charge is 2.12. The number of thioether (sulfide) groups is 1. The number of piperidine rings is 1. The lowest BCUT2D eigenvalue weighted by Crippen LogP contribution is -2.32. The quantitative estimate of drug-likeness (QED) is 0.662. The highest BCUT2D eigenvalue weighted by Crippen LogP contribution is 2.08. The molecule has 12 heavy (non-hydrogen) atoms. The van der Waals surface area contributed by atoms with Crippen LogP contribution in [-0.2, 0) is 4.74 Å². The van der Waals surface area contributed by atoms with Crippen LogP contribution in [0.25, 0.3) is 0 Å². The maximum atomic E-state index is 5.72. The zero-order valence-corrected chi connectivity index (χ0v) is 8.66. The Bertz CT molecular complexity index is 105. The number of nitrogens with one attached hydrogen (secondary N) is 1. The lowest BCUT2D eigenvalue weighted by Gasteiger charge is -2.22. The summed E-state index contributed by atoms with van der Waals surface area (Å²) >= 11 is 1.96. The lowest BCUT2D eigenvalue weighted by molar-refractivity contribution is 0.0433. The standard InChI is InChI=1S/C9H19NOS/c1-2-12-8-7-11-9-3-5-10-6-4-9/h9-10H,2-8H2,1H3. The molecule has 1 aliphatic rings. The van der Waals surface area contributed by atoms with Crippen LogP contribution in [-0.4, -0.2) is 37.3 Å². The molecular weight excluding hydrogens is 170 g/mol. The molecule has 1 aliphatic heterocycles. The SMILES string of the molecule is CCSCCOC1CCNCC1. The Labute approximate surface area is 79.4 Å². The van der Waals surface area contributed by atoms with E-state index in [1.54, 1.807) is 0 Å². The molecule has 1 fully saturated rings. The van der Waals surface area contributed by atoms with Gasteiger partial charge in [0.2, 0.25) is 0 Å². The summed E-state index contributed by atoms with van der Waals surface area (Å²) < 4.78 is 5.72. The Morgan fingerprint density at radius 3 is 2.83 bits per heavy atom. The van der Waals surface area contributed by atoms with Gasteiger partial charge in [-0.15, -0.1) is 0 Å². The summed E-state index contributed by atoms with van der Waals surface area (Å²) in [5, 5.41) is 3.33. The average molecular weight is 189 g/mol. The molecule has 1 rings (SSSR count). The van der Waals surface area contributed by atoms with Gasteiger partial charge in [-0.2, -0.15) is 11.8 Å². The minimum Gasteiger partial charge on any atom is -0.377 e. The van der Waals surface area contributed by atoms with E-state index in [2.05, 4.69) is 12.2 Å². The molecular formula is C9H19NOS. The van der Waals surface area contributed by atoms with E-state index in [1.165, 1.54) is 18.6 Å².